The van der Waals surface area contributed by atoms with Crippen LogP contribution in [0.3, 0.4) is 0 Å². The molecule has 1 atom stereocenters. The normalized spacial score (nSPS) is 21.2. The highest BCUT2D eigenvalue weighted by Gasteiger charge is 2.34. The molecule has 1 saturated heterocycles. The monoisotopic (exact) mass is 381 g/mol. The van der Waals surface area contributed by atoms with Gasteiger partial charge in [-0.3, -0.25) is 0 Å². The Kier molecular flexibility index (Phi) is 5.64. The van der Waals surface area contributed by atoms with E-state index < -0.39 is 10.0 Å². The lowest BCUT2D eigenvalue weighted by Gasteiger charge is -2.34. The lowest BCUT2D eigenvalue weighted by Crippen LogP contribution is -2.43. The van der Waals surface area contributed by atoms with Crippen LogP contribution in [0.15, 0.2) is 14.7 Å². The standard InChI is InChI=1S/C13H20BrNO3S2/c1-2-5-10-6-3-4-7-15(10)20(17,18)12-8-11(9-16)19-13(12)14/h8,10,16H,2-7,9H2,1H3. The van der Waals surface area contributed by atoms with Crippen molar-refractivity contribution in [3.05, 3.63) is 14.7 Å². The van der Waals surface area contributed by atoms with Gasteiger partial charge in [0.25, 0.3) is 0 Å². The summed E-state index contributed by atoms with van der Waals surface area (Å²) in [5.41, 5.74) is 0. The van der Waals surface area contributed by atoms with E-state index in [0.29, 0.717) is 20.1 Å². The third-order valence-electron chi connectivity index (χ3n) is 3.64. The Hall–Kier alpha value is 0.0500. The zero-order chi connectivity index (χ0) is 14.8. The van der Waals surface area contributed by atoms with Gasteiger partial charge in [-0.25, -0.2) is 8.42 Å². The number of piperidine rings is 1. The van der Waals surface area contributed by atoms with Crippen molar-refractivity contribution in [1.82, 2.24) is 4.31 Å². The molecule has 1 unspecified atom stereocenters. The van der Waals surface area contributed by atoms with Gasteiger partial charge in [0.2, 0.25) is 10.0 Å². The number of rotatable bonds is 5. The number of halogens is 1. The molecule has 20 heavy (non-hydrogen) atoms. The highest BCUT2D eigenvalue weighted by atomic mass is 79.9. The molecule has 0 amide bonds. The molecule has 0 spiro atoms. The number of nitrogens with zero attached hydrogens (tertiary/aromatic N) is 1. The van der Waals surface area contributed by atoms with Crippen LogP contribution in [0.5, 0.6) is 0 Å². The molecule has 1 N–H and O–H groups in total. The maximum atomic E-state index is 12.8. The number of aliphatic hydroxyl groups excluding tert-OH is 1. The average molecular weight is 382 g/mol. The van der Waals surface area contributed by atoms with E-state index in [1.165, 1.54) is 11.3 Å². The van der Waals surface area contributed by atoms with E-state index in [1.54, 1.807) is 10.4 Å². The predicted molar refractivity (Wildman–Crippen MR) is 84.4 cm³/mol. The van der Waals surface area contributed by atoms with Gasteiger partial charge in [-0.2, -0.15) is 4.31 Å². The molecule has 114 valence electrons. The van der Waals surface area contributed by atoms with E-state index in [-0.39, 0.29) is 12.6 Å². The maximum Gasteiger partial charge on any atom is 0.245 e. The van der Waals surface area contributed by atoms with Crippen molar-refractivity contribution in [2.24, 2.45) is 0 Å². The van der Waals surface area contributed by atoms with Crippen molar-refractivity contribution in [1.29, 1.82) is 0 Å². The molecular weight excluding hydrogens is 362 g/mol. The van der Waals surface area contributed by atoms with Crippen molar-refractivity contribution in [2.45, 2.75) is 56.6 Å². The third kappa shape index (κ3) is 3.27. The highest BCUT2D eigenvalue weighted by Crippen LogP contribution is 2.36. The van der Waals surface area contributed by atoms with Gasteiger partial charge in [0.1, 0.15) is 4.90 Å². The van der Waals surface area contributed by atoms with Crippen LogP contribution in [0, 0.1) is 0 Å². The summed E-state index contributed by atoms with van der Waals surface area (Å²) in [6.07, 6.45) is 4.87. The second kappa shape index (κ2) is 6.87. The molecule has 0 aliphatic carbocycles. The highest BCUT2D eigenvalue weighted by molar-refractivity contribution is 9.11. The Labute approximate surface area is 133 Å². The van der Waals surface area contributed by atoms with Crippen LogP contribution in [-0.2, 0) is 16.6 Å². The number of thiophene rings is 1. The fourth-order valence-electron chi connectivity index (χ4n) is 2.69. The summed E-state index contributed by atoms with van der Waals surface area (Å²) in [7, 11) is -3.47. The topological polar surface area (TPSA) is 57.6 Å². The summed E-state index contributed by atoms with van der Waals surface area (Å²) in [5.74, 6) is 0. The Morgan fingerprint density at radius 2 is 2.25 bits per heavy atom. The molecule has 4 nitrogen and oxygen atoms in total. The minimum atomic E-state index is -3.47. The van der Waals surface area contributed by atoms with Crippen LogP contribution in [0.2, 0.25) is 0 Å². The minimum absolute atomic E-state index is 0.114. The first-order chi connectivity index (χ1) is 9.50. The molecule has 0 bridgehead atoms. The first-order valence-corrected chi connectivity index (χ1v) is 9.96. The number of hydrogen-bond donors (Lipinski definition) is 1. The smallest absolute Gasteiger partial charge is 0.245 e. The molecule has 1 aliphatic heterocycles. The number of hydrogen-bond acceptors (Lipinski definition) is 4. The molecule has 2 rings (SSSR count). The molecule has 1 fully saturated rings. The second-order valence-electron chi connectivity index (χ2n) is 5.06. The van der Waals surface area contributed by atoms with Gasteiger partial charge >= 0.3 is 0 Å². The summed E-state index contributed by atoms with van der Waals surface area (Å²) in [4.78, 5) is 0.967. The molecule has 7 heteroatoms. The third-order valence-corrected chi connectivity index (χ3v) is 7.83. The van der Waals surface area contributed by atoms with Gasteiger partial charge < -0.3 is 5.11 Å². The Morgan fingerprint density at radius 3 is 2.85 bits per heavy atom. The van der Waals surface area contributed by atoms with Crippen LogP contribution >= 0.6 is 27.3 Å². The quantitative estimate of drug-likeness (QED) is 0.850. The predicted octanol–water partition coefficient (Wildman–Crippen LogP) is 3.35. The zero-order valence-corrected chi connectivity index (χ0v) is 14.7. The minimum Gasteiger partial charge on any atom is -0.391 e. The summed E-state index contributed by atoms with van der Waals surface area (Å²) in [6.45, 7) is 2.56. The second-order valence-corrected chi connectivity index (χ2v) is 9.38. The van der Waals surface area contributed by atoms with E-state index >= 15 is 0 Å². The molecule has 0 radical (unpaired) electrons. The number of sulfonamides is 1. The van der Waals surface area contributed by atoms with Gasteiger partial charge in [-0.15, -0.1) is 11.3 Å². The molecule has 1 aromatic heterocycles. The van der Waals surface area contributed by atoms with Crippen molar-refractivity contribution in [3.63, 3.8) is 0 Å². The lowest BCUT2D eigenvalue weighted by atomic mass is 10.0. The summed E-state index contributed by atoms with van der Waals surface area (Å²) in [6, 6.07) is 1.70. The molecular formula is C13H20BrNO3S2. The van der Waals surface area contributed by atoms with Gasteiger partial charge in [0.05, 0.1) is 10.4 Å². The zero-order valence-electron chi connectivity index (χ0n) is 11.5. The van der Waals surface area contributed by atoms with E-state index in [1.807, 2.05) is 0 Å². The average Bonchev–Trinajstić information content (AvgIpc) is 2.82. The fourth-order valence-corrected chi connectivity index (χ4v) is 6.91. The van der Waals surface area contributed by atoms with Crippen LogP contribution in [0.1, 0.15) is 43.9 Å². The van der Waals surface area contributed by atoms with E-state index in [2.05, 4.69) is 22.9 Å². The van der Waals surface area contributed by atoms with Crippen molar-refractivity contribution in [2.75, 3.05) is 6.54 Å². The molecule has 1 aliphatic rings. The van der Waals surface area contributed by atoms with Crippen molar-refractivity contribution < 1.29 is 13.5 Å². The maximum absolute atomic E-state index is 12.8. The van der Waals surface area contributed by atoms with E-state index in [4.69, 9.17) is 5.11 Å². The molecule has 0 saturated carbocycles. The largest absolute Gasteiger partial charge is 0.391 e. The van der Waals surface area contributed by atoms with Crippen LogP contribution in [0.4, 0.5) is 0 Å². The summed E-state index contributed by atoms with van der Waals surface area (Å²) < 4.78 is 27.9. The summed E-state index contributed by atoms with van der Waals surface area (Å²) in [5, 5.41) is 9.17. The van der Waals surface area contributed by atoms with Crippen molar-refractivity contribution >= 4 is 37.3 Å². The van der Waals surface area contributed by atoms with Crippen LogP contribution in [-0.4, -0.2) is 30.4 Å². The van der Waals surface area contributed by atoms with Crippen molar-refractivity contribution in [3.8, 4) is 0 Å². The van der Waals surface area contributed by atoms with Crippen LogP contribution in [0.25, 0.3) is 0 Å². The molecule has 0 aromatic carbocycles. The number of aliphatic hydroxyl groups is 1. The Balaban J connectivity index is 2.34. The van der Waals surface area contributed by atoms with Crippen LogP contribution < -0.4 is 0 Å². The van der Waals surface area contributed by atoms with E-state index in [9.17, 15) is 8.42 Å². The first-order valence-electron chi connectivity index (χ1n) is 6.91. The molecule has 1 aromatic rings. The van der Waals surface area contributed by atoms with Gasteiger partial charge in [0.15, 0.2) is 0 Å². The van der Waals surface area contributed by atoms with Gasteiger partial charge in [-0.05, 0) is 41.3 Å². The molecule has 2 heterocycles. The van der Waals surface area contributed by atoms with E-state index in [0.717, 1.165) is 32.1 Å². The summed E-state index contributed by atoms with van der Waals surface area (Å²) >= 11 is 4.60. The lowest BCUT2D eigenvalue weighted by molar-refractivity contribution is 0.239. The van der Waals surface area contributed by atoms with Gasteiger partial charge in [0, 0.05) is 17.5 Å². The first kappa shape index (κ1) is 16.4. The SMILES string of the molecule is CCCC1CCCCN1S(=O)(=O)c1cc(CO)sc1Br. The Bertz CT molecular complexity index is 554. The Morgan fingerprint density at radius 1 is 1.50 bits per heavy atom. The fraction of sp³-hybridized carbons (Fsp3) is 0.692. The van der Waals surface area contributed by atoms with Gasteiger partial charge in [-0.1, -0.05) is 19.8 Å².